The van der Waals surface area contributed by atoms with E-state index in [1.165, 1.54) is 12.1 Å². The number of nitrogens with zero attached hydrogens (tertiary/aromatic N) is 1. The Balaban J connectivity index is 2.45. The Kier molecular flexibility index (Phi) is 4.88. The molecule has 21 heavy (non-hydrogen) atoms. The second-order valence-corrected chi connectivity index (χ2v) is 4.80. The van der Waals surface area contributed by atoms with Crippen molar-refractivity contribution in [2.75, 3.05) is 11.9 Å². The quantitative estimate of drug-likeness (QED) is 0.804. The Morgan fingerprint density at radius 3 is 2.76 bits per heavy atom. The van der Waals surface area contributed by atoms with Crippen LogP contribution in [-0.2, 0) is 0 Å². The number of aromatic carboxylic acids is 1. The molecule has 2 rings (SSSR count). The van der Waals surface area contributed by atoms with Crippen LogP contribution in [0.3, 0.4) is 0 Å². The van der Waals surface area contributed by atoms with Crippen LogP contribution < -0.4 is 10.1 Å². The molecule has 0 unspecified atom stereocenters. The molecule has 0 amide bonds. The summed E-state index contributed by atoms with van der Waals surface area (Å²) >= 11 is 11.9. The number of para-hydroxylation sites is 1. The van der Waals surface area contributed by atoms with E-state index in [1.54, 1.807) is 18.2 Å². The number of anilines is 2. The lowest BCUT2D eigenvalue weighted by Crippen LogP contribution is -2.06. The van der Waals surface area contributed by atoms with Crippen LogP contribution in [0.1, 0.15) is 17.3 Å². The zero-order valence-corrected chi connectivity index (χ0v) is 12.6. The average molecular weight is 327 g/mol. The Hall–Kier alpha value is -1.98. The first-order chi connectivity index (χ1) is 10.0. The Morgan fingerprint density at radius 1 is 1.33 bits per heavy atom. The van der Waals surface area contributed by atoms with Crippen LogP contribution in [0.25, 0.3) is 0 Å². The van der Waals surface area contributed by atoms with Crippen molar-refractivity contribution >= 4 is 40.7 Å². The number of hydrogen-bond acceptors (Lipinski definition) is 4. The summed E-state index contributed by atoms with van der Waals surface area (Å²) in [5, 5.41) is 12.7. The fourth-order valence-corrected chi connectivity index (χ4v) is 2.11. The topological polar surface area (TPSA) is 71.5 Å². The van der Waals surface area contributed by atoms with E-state index in [2.05, 4.69) is 10.3 Å². The predicted octanol–water partition coefficient (Wildman–Crippen LogP) is 4.23. The highest BCUT2D eigenvalue weighted by Crippen LogP contribution is 2.35. The first-order valence-corrected chi connectivity index (χ1v) is 6.86. The van der Waals surface area contributed by atoms with Crippen molar-refractivity contribution in [3.63, 3.8) is 0 Å². The van der Waals surface area contributed by atoms with E-state index >= 15 is 0 Å². The van der Waals surface area contributed by atoms with Gasteiger partial charge in [0.2, 0.25) is 0 Å². The molecule has 0 aliphatic rings. The summed E-state index contributed by atoms with van der Waals surface area (Å²) in [4.78, 5) is 15.2. The molecule has 0 radical (unpaired) electrons. The van der Waals surface area contributed by atoms with Crippen molar-refractivity contribution in [1.82, 2.24) is 4.98 Å². The summed E-state index contributed by atoms with van der Waals surface area (Å²) in [6.45, 7) is 2.25. The molecule has 1 heterocycles. The van der Waals surface area contributed by atoms with Crippen LogP contribution in [0.2, 0.25) is 10.2 Å². The number of hydrogen-bond donors (Lipinski definition) is 2. The van der Waals surface area contributed by atoms with Crippen molar-refractivity contribution in [3.8, 4) is 5.75 Å². The molecule has 0 aliphatic heterocycles. The maximum absolute atomic E-state index is 11.2. The minimum Gasteiger partial charge on any atom is -0.490 e. The SMILES string of the molecule is CCOc1c(Cl)cccc1Nc1nc(Cl)ccc1C(=O)O. The number of nitrogens with one attached hydrogen (secondary N) is 1. The predicted molar refractivity (Wildman–Crippen MR) is 82.1 cm³/mol. The number of halogens is 2. The Morgan fingerprint density at radius 2 is 2.10 bits per heavy atom. The lowest BCUT2D eigenvalue weighted by atomic mass is 10.2. The highest BCUT2D eigenvalue weighted by molar-refractivity contribution is 6.32. The second kappa shape index (κ2) is 6.65. The largest absolute Gasteiger partial charge is 0.490 e. The van der Waals surface area contributed by atoms with Gasteiger partial charge >= 0.3 is 5.97 Å². The molecule has 0 fully saturated rings. The molecular weight excluding hydrogens is 315 g/mol. The summed E-state index contributed by atoms with van der Waals surface area (Å²) in [6, 6.07) is 7.91. The van der Waals surface area contributed by atoms with E-state index in [4.69, 9.17) is 27.9 Å². The van der Waals surface area contributed by atoms with Crippen LogP contribution in [0.15, 0.2) is 30.3 Å². The van der Waals surface area contributed by atoms with Gasteiger partial charge in [-0.1, -0.05) is 29.3 Å². The van der Waals surface area contributed by atoms with Crippen molar-refractivity contribution in [2.45, 2.75) is 6.92 Å². The fourth-order valence-electron chi connectivity index (χ4n) is 1.73. The smallest absolute Gasteiger partial charge is 0.339 e. The van der Waals surface area contributed by atoms with Gasteiger partial charge in [0.05, 0.1) is 17.3 Å². The monoisotopic (exact) mass is 326 g/mol. The van der Waals surface area contributed by atoms with Crippen LogP contribution >= 0.6 is 23.2 Å². The summed E-state index contributed by atoms with van der Waals surface area (Å²) < 4.78 is 5.47. The number of rotatable bonds is 5. The summed E-state index contributed by atoms with van der Waals surface area (Å²) in [5.41, 5.74) is 0.517. The number of ether oxygens (including phenoxy) is 1. The Bertz CT molecular complexity index is 677. The number of pyridine rings is 1. The zero-order chi connectivity index (χ0) is 15.4. The standard InChI is InChI=1S/C14H12Cl2N2O3/c1-2-21-12-9(15)4-3-5-10(12)17-13-8(14(19)20)6-7-11(16)18-13/h3-7H,2H2,1H3,(H,17,18)(H,19,20). The van der Waals surface area contributed by atoms with Gasteiger partial charge in [-0.25, -0.2) is 9.78 Å². The molecule has 0 bridgehead atoms. The van der Waals surface area contributed by atoms with E-state index < -0.39 is 5.97 Å². The van der Waals surface area contributed by atoms with Gasteiger partial charge in [-0.3, -0.25) is 0 Å². The van der Waals surface area contributed by atoms with Gasteiger partial charge in [-0.05, 0) is 31.2 Å². The van der Waals surface area contributed by atoms with Crippen molar-refractivity contribution in [1.29, 1.82) is 0 Å². The maximum atomic E-state index is 11.2. The highest BCUT2D eigenvalue weighted by atomic mass is 35.5. The summed E-state index contributed by atoms with van der Waals surface area (Å²) in [5.74, 6) is -0.556. The van der Waals surface area contributed by atoms with Crippen LogP contribution in [0.5, 0.6) is 5.75 Å². The van der Waals surface area contributed by atoms with Crippen molar-refractivity contribution in [3.05, 3.63) is 46.1 Å². The first-order valence-electron chi connectivity index (χ1n) is 6.11. The van der Waals surface area contributed by atoms with Crippen LogP contribution in [0, 0.1) is 0 Å². The molecule has 5 nitrogen and oxygen atoms in total. The molecule has 1 aromatic carbocycles. The molecule has 0 atom stereocenters. The third-order valence-corrected chi connectivity index (χ3v) is 3.11. The van der Waals surface area contributed by atoms with E-state index in [9.17, 15) is 9.90 Å². The minimum absolute atomic E-state index is 0.00169. The Labute approximate surface area is 131 Å². The van der Waals surface area contributed by atoms with Gasteiger partial charge in [-0.2, -0.15) is 0 Å². The minimum atomic E-state index is -1.11. The summed E-state index contributed by atoms with van der Waals surface area (Å²) in [7, 11) is 0. The van der Waals surface area contributed by atoms with Crippen molar-refractivity contribution in [2.24, 2.45) is 0 Å². The molecule has 7 heteroatoms. The van der Waals surface area contributed by atoms with Gasteiger partial charge < -0.3 is 15.2 Å². The van der Waals surface area contributed by atoms with Crippen LogP contribution in [0.4, 0.5) is 11.5 Å². The molecule has 0 spiro atoms. The highest BCUT2D eigenvalue weighted by Gasteiger charge is 2.15. The summed E-state index contributed by atoms with van der Waals surface area (Å²) in [6.07, 6.45) is 0. The lowest BCUT2D eigenvalue weighted by Gasteiger charge is -2.14. The lowest BCUT2D eigenvalue weighted by molar-refractivity contribution is 0.0697. The van der Waals surface area contributed by atoms with Crippen LogP contribution in [-0.4, -0.2) is 22.7 Å². The molecular formula is C14H12Cl2N2O3. The van der Waals surface area contributed by atoms with E-state index in [1.807, 2.05) is 6.92 Å². The molecule has 1 aromatic heterocycles. The maximum Gasteiger partial charge on any atom is 0.339 e. The number of carbonyl (C=O) groups is 1. The first kappa shape index (κ1) is 15.4. The molecule has 2 aromatic rings. The second-order valence-electron chi connectivity index (χ2n) is 4.01. The number of carboxylic acids is 1. The van der Waals surface area contributed by atoms with Gasteiger partial charge in [0.1, 0.15) is 16.5 Å². The zero-order valence-electron chi connectivity index (χ0n) is 11.1. The molecule has 0 saturated carbocycles. The molecule has 2 N–H and O–H groups in total. The number of benzene rings is 1. The fraction of sp³-hybridized carbons (Fsp3) is 0.143. The van der Waals surface area contributed by atoms with Gasteiger partial charge in [0, 0.05) is 0 Å². The molecule has 0 aliphatic carbocycles. The van der Waals surface area contributed by atoms with Gasteiger partial charge in [0.25, 0.3) is 0 Å². The molecule has 110 valence electrons. The van der Waals surface area contributed by atoms with Gasteiger partial charge in [0.15, 0.2) is 5.75 Å². The van der Waals surface area contributed by atoms with E-state index in [-0.39, 0.29) is 16.5 Å². The molecule has 0 saturated heterocycles. The number of aromatic nitrogens is 1. The third-order valence-electron chi connectivity index (χ3n) is 2.60. The van der Waals surface area contributed by atoms with Crippen molar-refractivity contribution < 1.29 is 14.6 Å². The van der Waals surface area contributed by atoms with E-state index in [0.29, 0.717) is 23.1 Å². The number of carboxylic acid groups (broad SMARTS) is 1. The normalized spacial score (nSPS) is 10.2. The third kappa shape index (κ3) is 3.56. The average Bonchev–Trinajstić information content (AvgIpc) is 2.42. The van der Waals surface area contributed by atoms with E-state index in [0.717, 1.165) is 0 Å². The van der Waals surface area contributed by atoms with Gasteiger partial charge in [-0.15, -0.1) is 0 Å².